The second-order valence-corrected chi connectivity index (χ2v) is 12.7. The largest absolute Gasteiger partial charge is 0.214 e. The molecule has 8 rings (SSSR count). The van der Waals surface area contributed by atoms with Gasteiger partial charge in [0.05, 0.1) is 0 Å². The maximum atomic E-state index is 3.30. The van der Waals surface area contributed by atoms with Crippen LogP contribution in [0.3, 0.4) is 0 Å². The SMILES string of the molecule is [Cl-].[Cl-].[Zr+2]=[C](C(c1ccccc1)c1ccccc1)C(c1ccccc1)c1ccccc1.[c-]1cccc2c1Cc1ccccc1-2.c1cc[cH-]c1. The Morgan fingerprint density at radius 1 is 0.479 bits per heavy atom. The Morgan fingerprint density at radius 2 is 0.875 bits per heavy atom. The van der Waals surface area contributed by atoms with E-state index in [1.165, 1.54) is 71.9 Å². The summed E-state index contributed by atoms with van der Waals surface area (Å²) in [5, 5.41) is 0. The molecule has 7 aromatic carbocycles. The van der Waals surface area contributed by atoms with E-state index in [0.29, 0.717) is 0 Å². The molecule has 0 spiro atoms. The minimum absolute atomic E-state index is 0. The van der Waals surface area contributed by atoms with Crippen LogP contribution in [-0.4, -0.2) is 3.21 Å². The predicted octanol–water partition coefficient (Wildman–Crippen LogP) is 4.84. The zero-order chi connectivity index (χ0) is 31.4. The smallest absolute Gasteiger partial charge is 0.0253 e. The normalized spacial score (nSPS) is 10.6. The zero-order valence-corrected chi connectivity index (χ0v) is 30.6. The van der Waals surface area contributed by atoms with Crippen LogP contribution in [0.5, 0.6) is 0 Å². The van der Waals surface area contributed by atoms with Crippen LogP contribution in [0.1, 0.15) is 45.2 Å². The van der Waals surface area contributed by atoms with Crippen molar-refractivity contribution >= 4 is 3.21 Å². The van der Waals surface area contributed by atoms with E-state index >= 15 is 0 Å². The Balaban J connectivity index is 0.000000214. The van der Waals surface area contributed by atoms with Gasteiger partial charge in [-0.05, 0) is 6.42 Å². The number of hydrogen-bond acceptors (Lipinski definition) is 0. The van der Waals surface area contributed by atoms with Crippen molar-refractivity contribution in [2.24, 2.45) is 0 Å². The first-order valence-corrected chi connectivity index (χ1v) is 17.0. The molecule has 1 aliphatic rings. The number of hydrogen-bond donors (Lipinski definition) is 0. The molecular weight excluding hydrogens is 703 g/mol. The molecule has 3 heteroatoms. The van der Waals surface area contributed by atoms with E-state index in [-0.39, 0.29) is 36.6 Å². The molecule has 0 amide bonds. The third kappa shape index (κ3) is 9.33. The summed E-state index contributed by atoms with van der Waals surface area (Å²) in [5.74, 6) is 0.567. The molecule has 0 atom stereocenters. The first kappa shape index (κ1) is 36.8. The van der Waals surface area contributed by atoms with E-state index in [0.717, 1.165) is 6.42 Å². The number of halogens is 2. The van der Waals surface area contributed by atoms with Crippen LogP contribution in [-0.2, 0) is 30.7 Å². The average Bonchev–Trinajstić information content (AvgIpc) is 3.83. The van der Waals surface area contributed by atoms with Crippen molar-refractivity contribution in [1.29, 1.82) is 0 Å². The summed E-state index contributed by atoms with van der Waals surface area (Å²) in [6.07, 6.45) is 1.05. The third-order valence-corrected chi connectivity index (χ3v) is 9.74. The van der Waals surface area contributed by atoms with Gasteiger partial charge < -0.3 is 24.8 Å². The van der Waals surface area contributed by atoms with Crippen molar-refractivity contribution in [3.8, 4) is 11.1 Å². The Labute approximate surface area is 313 Å². The Kier molecular flexibility index (Phi) is 14.7. The molecular formula is C45H36Cl2Zr-2. The quantitative estimate of drug-likeness (QED) is 0.215. The van der Waals surface area contributed by atoms with Crippen LogP contribution in [0.15, 0.2) is 194 Å². The third-order valence-electron chi connectivity index (χ3n) is 8.33. The molecule has 0 aliphatic heterocycles. The van der Waals surface area contributed by atoms with E-state index < -0.39 is 0 Å². The summed E-state index contributed by atoms with van der Waals surface area (Å²) in [7, 11) is 0. The maximum Gasteiger partial charge on any atom is -0.0253 e. The van der Waals surface area contributed by atoms with Gasteiger partial charge in [0.1, 0.15) is 0 Å². The molecule has 0 N–H and O–H groups in total. The molecule has 236 valence electrons. The first-order valence-electron chi connectivity index (χ1n) is 15.8. The summed E-state index contributed by atoms with van der Waals surface area (Å²) in [6, 6.07) is 71.7. The fourth-order valence-corrected chi connectivity index (χ4v) is 7.81. The van der Waals surface area contributed by atoms with Crippen molar-refractivity contribution in [1.82, 2.24) is 0 Å². The van der Waals surface area contributed by atoms with Crippen molar-refractivity contribution in [3.05, 3.63) is 234 Å². The summed E-state index contributed by atoms with van der Waals surface area (Å²) in [4.78, 5) is 0. The van der Waals surface area contributed by atoms with Crippen LogP contribution in [0.25, 0.3) is 11.1 Å². The molecule has 48 heavy (non-hydrogen) atoms. The molecule has 0 aromatic heterocycles. The molecule has 0 bridgehead atoms. The molecule has 0 saturated carbocycles. The Bertz CT molecular complexity index is 1700. The van der Waals surface area contributed by atoms with Gasteiger partial charge in [-0.1, -0.05) is 35.4 Å². The number of benzene rings is 6. The zero-order valence-electron chi connectivity index (χ0n) is 26.6. The van der Waals surface area contributed by atoms with Crippen LogP contribution in [0, 0.1) is 6.07 Å². The average molecular weight is 739 g/mol. The summed E-state index contributed by atoms with van der Waals surface area (Å²) < 4.78 is 1.53. The van der Waals surface area contributed by atoms with Crippen molar-refractivity contribution < 1.29 is 49.0 Å². The standard InChI is InChI=1S/C27H22.C13H9.C5H5.2ClH.Zr/c1-5-13-22(14-6-1)26(23-15-7-2-8-16-23)21-27(24-17-9-3-10-18-24)25-19-11-4-12-20-25;1-3-7-12-10(5-1)9-11-6-2-4-8-13(11)12;1-2-4-5-3-1;;;/h1-20,26-27H;1-5,7-8H,9H2;1-5H;2*1H;/q;2*-1;;;+2/p-2. The fraction of sp³-hybridized carbons (Fsp3) is 0.0667. The summed E-state index contributed by atoms with van der Waals surface area (Å²) in [6.45, 7) is 0. The van der Waals surface area contributed by atoms with Gasteiger partial charge in [0, 0.05) is 0 Å². The van der Waals surface area contributed by atoms with Gasteiger partial charge in [0.15, 0.2) is 0 Å². The first-order chi connectivity index (χ1) is 22.8. The van der Waals surface area contributed by atoms with E-state index in [1.54, 1.807) is 0 Å². The second-order valence-electron chi connectivity index (χ2n) is 11.3. The van der Waals surface area contributed by atoms with Crippen LogP contribution in [0.4, 0.5) is 0 Å². The molecule has 0 nitrogen and oxygen atoms in total. The molecule has 0 saturated heterocycles. The Morgan fingerprint density at radius 3 is 1.29 bits per heavy atom. The van der Waals surface area contributed by atoms with Crippen LogP contribution in [0.2, 0.25) is 0 Å². The van der Waals surface area contributed by atoms with E-state index in [4.69, 9.17) is 0 Å². The van der Waals surface area contributed by atoms with Gasteiger partial charge in [-0.15, -0.1) is 5.56 Å². The molecule has 0 heterocycles. The minimum Gasteiger partial charge on any atom is -0.214 e. The van der Waals surface area contributed by atoms with Crippen LogP contribution >= 0.6 is 0 Å². The van der Waals surface area contributed by atoms with Gasteiger partial charge in [-0.2, -0.15) is 48.0 Å². The summed E-state index contributed by atoms with van der Waals surface area (Å²) in [5.41, 5.74) is 10.9. The molecule has 0 unspecified atom stereocenters. The molecule has 0 radical (unpaired) electrons. The second kappa shape index (κ2) is 19.1. The predicted molar refractivity (Wildman–Crippen MR) is 190 cm³/mol. The molecule has 0 fully saturated rings. The van der Waals surface area contributed by atoms with Gasteiger partial charge in [0.2, 0.25) is 0 Å². The van der Waals surface area contributed by atoms with Gasteiger partial charge in [-0.25, -0.2) is 12.1 Å². The molecule has 7 aromatic rings. The van der Waals surface area contributed by atoms with Crippen molar-refractivity contribution in [2.75, 3.05) is 0 Å². The van der Waals surface area contributed by atoms with Gasteiger partial charge in [0.25, 0.3) is 0 Å². The Hall–Kier alpha value is -4.00. The molecule has 1 aliphatic carbocycles. The fourth-order valence-electron chi connectivity index (χ4n) is 6.17. The number of rotatable bonds is 6. The maximum absolute atomic E-state index is 3.30. The van der Waals surface area contributed by atoms with Crippen LogP contribution < -0.4 is 24.8 Å². The van der Waals surface area contributed by atoms with Gasteiger partial charge >= 0.3 is 183 Å². The monoisotopic (exact) mass is 736 g/mol. The summed E-state index contributed by atoms with van der Waals surface area (Å²) >= 11 is 1.47. The van der Waals surface area contributed by atoms with E-state index in [2.05, 4.69) is 164 Å². The van der Waals surface area contributed by atoms with E-state index in [9.17, 15) is 0 Å². The van der Waals surface area contributed by atoms with Crippen molar-refractivity contribution in [3.63, 3.8) is 0 Å². The van der Waals surface area contributed by atoms with Gasteiger partial charge in [-0.3, -0.25) is 0 Å². The minimum atomic E-state index is 0. The van der Waals surface area contributed by atoms with Crippen molar-refractivity contribution in [2.45, 2.75) is 18.3 Å². The van der Waals surface area contributed by atoms with E-state index in [1.807, 2.05) is 36.4 Å². The number of fused-ring (bicyclic) bond motifs is 3. The topological polar surface area (TPSA) is 0 Å².